The molecule has 1 unspecified atom stereocenters. The van der Waals surface area contributed by atoms with Crippen molar-refractivity contribution in [1.82, 2.24) is 0 Å². The molecular formula is C16H29NO. The molecule has 0 heterocycles. The van der Waals surface area contributed by atoms with E-state index in [2.05, 4.69) is 32.6 Å². The zero-order valence-corrected chi connectivity index (χ0v) is 12.5. The van der Waals surface area contributed by atoms with Crippen LogP contribution in [0.5, 0.6) is 0 Å². The lowest BCUT2D eigenvalue weighted by Crippen LogP contribution is -2.49. The summed E-state index contributed by atoms with van der Waals surface area (Å²) in [4.78, 5) is 0. The fourth-order valence-corrected chi connectivity index (χ4v) is 2.67. The molecule has 0 amide bonds. The van der Waals surface area contributed by atoms with Gasteiger partial charge in [-0.15, -0.1) is 5.92 Å². The van der Waals surface area contributed by atoms with E-state index in [-0.39, 0.29) is 17.1 Å². The van der Waals surface area contributed by atoms with Crippen LogP contribution in [-0.2, 0) is 4.74 Å². The molecule has 2 heteroatoms. The highest BCUT2D eigenvalue weighted by atomic mass is 16.5. The van der Waals surface area contributed by atoms with Crippen molar-refractivity contribution >= 4 is 0 Å². The topological polar surface area (TPSA) is 35.2 Å². The van der Waals surface area contributed by atoms with Crippen LogP contribution in [0, 0.1) is 17.3 Å². The Bertz CT molecular complexity index is 297. The molecule has 104 valence electrons. The van der Waals surface area contributed by atoms with Crippen LogP contribution in [0.25, 0.3) is 0 Å². The van der Waals surface area contributed by atoms with Gasteiger partial charge in [0.1, 0.15) is 0 Å². The van der Waals surface area contributed by atoms with Crippen LogP contribution in [-0.4, -0.2) is 18.8 Å². The lowest BCUT2D eigenvalue weighted by molar-refractivity contribution is -0.0419. The van der Waals surface area contributed by atoms with Crippen LogP contribution in [0.2, 0.25) is 0 Å². The molecule has 0 aromatic rings. The van der Waals surface area contributed by atoms with Gasteiger partial charge in [-0.2, -0.15) is 0 Å². The van der Waals surface area contributed by atoms with Gasteiger partial charge in [0.15, 0.2) is 0 Å². The summed E-state index contributed by atoms with van der Waals surface area (Å²) in [5, 5.41) is 0. The molecule has 18 heavy (non-hydrogen) atoms. The summed E-state index contributed by atoms with van der Waals surface area (Å²) in [5.74, 6) is 6.51. The van der Waals surface area contributed by atoms with E-state index in [4.69, 9.17) is 10.5 Å². The van der Waals surface area contributed by atoms with E-state index < -0.39 is 0 Å². The third-order valence-corrected chi connectivity index (χ3v) is 3.82. The van der Waals surface area contributed by atoms with Crippen LogP contribution >= 0.6 is 0 Å². The molecule has 0 aromatic heterocycles. The summed E-state index contributed by atoms with van der Waals surface area (Å²) in [5.41, 5.74) is 6.29. The Kier molecular flexibility index (Phi) is 5.69. The number of rotatable bonds is 3. The van der Waals surface area contributed by atoms with Crippen LogP contribution < -0.4 is 5.73 Å². The Balaban J connectivity index is 2.65. The third-order valence-electron chi connectivity index (χ3n) is 3.82. The summed E-state index contributed by atoms with van der Waals surface area (Å²) in [6, 6.07) is 0.0375. The van der Waals surface area contributed by atoms with Crippen molar-refractivity contribution in [2.75, 3.05) is 7.11 Å². The van der Waals surface area contributed by atoms with E-state index in [9.17, 15) is 0 Å². The van der Waals surface area contributed by atoms with E-state index in [0.29, 0.717) is 0 Å². The molecule has 0 spiro atoms. The van der Waals surface area contributed by atoms with Crippen molar-refractivity contribution in [2.45, 2.75) is 77.4 Å². The summed E-state index contributed by atoms with van der Waals surface area (Å²) < 4.78 is 5.81. The molecular weight excluding hydrogens is 222 g/mol. The fourth-order valence-electron chi connectivity index (χ4n) is 2.67. The third kappa shape index (κ3) is 4.63. The number of hydrogen-bond donors (Lipinski definition) is 1. The SMILES string of the molecule is COC1(C(N)CC#CC(C)(C)C)CCCCCC1. The molecule has 1 aliphatic carbocycles. The summed E-state index contributed by atoms with van der Waals surface area (Å²) in [6.45, 7) is 6.38. The summed E-state index contributed by atoms with van der Waals surface area (Å²) in [7, 11) is 1.81. The van der Waals surface area contributed by atoms with Gasteiger partial charge in [0.25, 0.3) is 0 Å². The fraction of sp³-hybridized carbons (Fsp3) is 0.875. The van der Waals surface area contributed by atoms with E-state index in [0.717, 1.165) is 19.3 Å². The molecule has 1 fully saturated rings. The average molecular weight is 251 g/mol. The van der Waals surface area contributed by atoms with E-state index in [1.54, 1.807) is 0 Å². The molecule has 0 bridgehead atoms. The number of nitrogens with two attached hydrogens (primary N) is 1. The van der Waals surface area contributed by atoms with Crippen molar-refractivity contribution < 1.29 is 4.74 Å². The molecule has 2 nitrogen and oxygen atoms in total. The smallest absolute Gasteiger partial charge is 0.0838 e. The molecule has 1 saturated carbocycles. The second-order valence-electron chi connectivity index (χ2n) is 6.55. The molecule has 1 aliphatic rings. The normalized spacial score (nSPS) is 21.6. The van der Waals surface area contributed by atoms with Crippen molar-refractivity contribution in [2.24, 2.45) is 11.1 Å². The van der Waals surface area contributed by atoms with Gasteiger partial charge in [0, 0.05) is 25.0 Å². The summed E-state index contributed by atoms with van der Waals surface area (Å²) in [6.07, 6.45) is 7.99. The Labute approximate surface area is 113 Å². The lowest BCUT2D eigenvalue weighted by atomic mass is 9.84. The second-order valence-corrected chi connectivity index (χ2v) is 6.55. The molecule has 1 atom stereocenters. The van der Waals surface area contributed by atoms with Crippen LogP contribution in [0.4, 0.5) is 0 Å². The van der Waals surface area contributed by atoms with Crippen molar-refractivity contribution in [1.29, 1.82) is 0 Å². The van der Waals surface area contributed by atoms with Gasteiger partial charge in [0.05, 0.1) is 5.60 Å². The second kappa shape index (κ2) is 6.59. The zero-order chi connectivity index (χ0) is 13.6. The first-order valence-corrected chi connectivity index (χ1v) is 7.20. The van der Waals surface area contributed by atoms with Gasteiger partial charge >= 0.3 is 0 Å². The largest absolute Gasteiger partial charge is 0.377 e. The van der Waals surface area contributed by atoms with Crippen LogP contribution in [0.1, 0.15) is 65.7 Å². The standard InChI is InChI=1S/C16H29NO/c1-15(2,3)11-9-10-14(17)16(18-4)12-7-5-6-8-13-16/h14H,5-8,10,12-13,17H2,1-4H3. The average Bonchev–Trinajstić information content (AvgIpc) is 2.53. The molecule has 0 aromatic carbocycles. The van der Waals surface area contributed by atoms with Crippen LogP contribution in [0.3, 0.4) is 0 Å². The predicted molar refractivity (Wildman–Crippen MR) is 77.3 cm³/mol. The first kappa shape index (κ1) is 15.5. The maximum absolute atomic E-state index is 6.37. The highest BCUT2D eigenvalue weighted by Gasteiger charge is 2.36. The Morgan fingerprint density at radius 2 is 1.72 bits per heavy atom. The maximum Gasteiger partial charge on any atom is 0.0838 e. The van der Waals surface area contributed by atoms with E-state index in [1.807, 2.05) is 7.11 Å². The minimum absolute atomic E-state index is 0.0375. The lowest BCUT2D eigenvalue weighted by Gasteiger charge is -2.36. The Hall–Kier alpha value is -0.520. The molecule has 0 saturated heterocycles. The van der Waals surface area contributed by atoms with Crippen molar-refractivity contribution in [3.63, 3.8) is 0 Å². The first-order chi connectivity index (χ1) is 8.40. The maximum atomic E-state index is 6.37. The van der Waals surface area contributed by atoms with Gasteiger partial charge in [-0.1, -0.05) is 31.6 Å². The van der Waals surface area contributed by atoms with Gasteiger partial charge in [-0.3, -0.25) is 0 Å². The molecule has 0 radical (unpaired) electrons. The highest BCUT2D eigenvalue weighted by molar-refractivity contribution is 5.10. The number of hydrogen-bond acceptors (Lipinski definition) is 2. The van der Waals surface area contributed by atoms with Crippen LogP contribution in [0.15, 0.2) is 0 Å². The van der Waals surface area contributed by atoms with Gasteiger partial charge in [-0.05, 0) is 33.6 Å². The van der Waals surface area contributed by atoms with E-state index in [1.165, 1.54) is 25.7 Å². The summed E-state index contributed by atoms with van der Waals surface area (Å²) >= 11 is 0. The number of ether oxygens (including phenoxy) is 1. The minimum atomic E-state index is -0.136. The monoisotopic (exact) mass is 251 g/mol. The van der Waals surface area contributed by atoms with Crippen molar-refractivity contribution in [3.8, 4) is 11.8 Å². The van der Waals surface area contributed by atoms with Gasteiger partial charge < -0.3 is 10.5 Å². The van der Waals surface area contributed by atoms with Crippen molar-refractivity contribution in [3.05, 3.63) is 0 Å². The molecule has 2 N–H and O–H groups in total. The Morgan fingerprint density at radius 3 is 2.17 bits per heavy atom. The highest BCUT2D eigenvalue weighted by Crippen LogP contribution is 2.33. The number of methoxy groups -OCH3 is 1. The molecule has 1 rings (SSSR count). The quantitative estimate of drug-likeness (QED) is 0.615. The zero-order valence-electron chi connectivity index (χ0n) is 12.5. The molecule has 0 aliphatic heterocycles. The Morgan fingerprint density at radius 1 is 1.17 bits per heavy atom. The predicted octanol–water partition coefficient (Wildman–Crippen LogP) is 3.49. The first-order valence-electron chi connectivity index (χ1n) is 7.20. The van der Waals surface area contributed by atoms with Gasteiger partial charge in [0.2, 0.25) is 0 Å². The van der Waals surface area contributed by atoms with Gasteiger partial charge in [-0.25, -0.2) is 0 Å². The van der Waals surface area contributed by atoms with E-state index >= 15 is 0 Å². The minimum Gasteiger partial charge on any atom is -0.377 e.